The molecule has 0 saturated heterocycles. The quantitative estimate of drug-likeness (QED) is 0.886. The molecule has 0 bridgehead atoms. The van der Waals surface area contributed by atoms with E-state index in [-0.39, 0.29) is 17.0 Å². The zero-order valence-corrected chi connectivity index (χ0v) is 10.6. The molecule has 2 aromatic rings. The Hall–Kier alpha value is -1.79. The van der Waals surface area contributed by atoms with Gasteiger partial charge in [0.25, 0.3) is 0 Å². The summed E-state index contributed by atoms with van der Waals surface area (Å²) in [6.45, 7) is 0.430. The highest BCUT2D eigenvalue weighted by molar-refractivity contribution is 7.12. The molecule has 0 aliphatic rings. The number of rotatable bonds is 5. The minimum atomic E-state index is -0.983. The lowest BCUT2D eigenvalue weighted by atomic mass is 10.2. The number of carboxylic acids is 1. The molecular weight excluding hydrogens is 272 g/mol. The van der Waals surface area contributed by atoms with Crippen molar-refractivity contribution in [2.75, 3.05) is 0 Å². The number of halogens is 2. The molecule has 0 aliphatic carbocycles. The van der Waals surface area contributed by atoms with Crippen LogP contribution < -0.4 is 5.32 Å². The average molecular weight is 283 g/mol. The van der Waals surface area contributed by atoms with Gasteiger partial charge in [-0.1, -0.05) is 0 Å². The first kappa shape index (κ1) is 13.6. The Bertz CT molecular complexity index is 598. The Kier molecular flexibility index (Phi) is 4.24. The van der Waals surface area contributed by atoms with E-state index in [1.165, 1.54) is 0 Å². The lowest BCUT2D eigenvalue weighted by Gasteiger charge is -2.06. The highest BCUT2D eigenvalue weighted by Gasteiger charge is 2.11. The van der Waals surface area contributed by atoms with Gasteiger partial charge in [-0.15, -0.1) is 11.3 Å². The van der Waals surface area contributed by atoms with Crippen molar-refractivity contribution >= 4 is 17.3 Å². The van der Waals surface area contributed by atoms with Gasteiger partial charge < -0.3 is 10.4 Å². The molecule has 1 aromatic carbocycles. The summed E-state index contributed by atoms with van der Waals surface area (Å²) in [5.41, 5.74) is 0.849. The van der Waals surface area contributed by atoms with E-state index in [0.29, 0.717) is 12.1 Å². The van der Waals surface area contributed by atoms with Crippen molar-refractivity contribution in [2.24, 2.45) is 0 Å². The van der Waals surface area contributed by atoms with Crippen LogP contribution in [0.1, 0.15) is 20.8 Å². The fourth-order valence-corrected chi connectivity index (χ4v) is 2.43. The lowest BCUT2D eigenvalue weighted by Crippen LogP contribution is -2.15. The molecule has 0 atom stereocenters. The third-order valence-electron chi connectivity index (χ3n) is 2.58. The van der Waals surface area contributed by atoms with Gasteiger partial charge in [0.05, 0.1) is 0 Å². The first-order chi connectivity index (χ1) is 9.08. The van der Waals surface area contributed by atoms with Crippen molar-refractivity contribution in [1.82, 2.24) is 5.32 Å². The number of benzene rings is 1. The predicted octanol–water partition coefficient (Wildman–Crippen LogP) is 3.01. The van der Waals surface area contributed by atoms with Crippen LogP contribution in [0, 0.1) is 11.6 Å². The molecule has 2 N–H and O–H groups in total. The molecule has 0 amide bonds. The van der Waals surface area contributed by atoms with Gasteiger partial charge in [0.15, 0.2) is 0 Å². The zero-order valence-electron chi connectivity index (χ0n) is 9.82. The Morgan fingerprint density at radius 1 is 1.21 bits per heavy atom. The first-order valence-corrected chi connectivity index (χ1v) is 6.40. The van der Waals surface area contributed by atoms with Crippen LogP contribution in [-0.4, -0.2) is 11.1 Å². The van der Waals surface area contributed by atoms with Gasteiger partial charge in [0.2, 0.25) is 0 Å². The number of carboxylic acid groups (broad SMARTS) is 1. The second-order valence-electron chi connectivity index (χ2n) is 3.92. The summed E-state index contributed by atoms with van der Waals surface area (Å²) < 4.78 is 26.3. The summed E-state index contributed by atoms with van der Waals surface area (Å²) in [7, 11) is 0. The van der Waals surface area contributed by atoms with E-state index in [1.54, 1.807) is 11.4 Å². The monoisotopic (exact) mass is 283 g/mol. The standard InChI is InChI=1S/C13H11F2NO2S/c14-10-1-2-11(15)9(5-10)7-16-6-8-3-4-19-12(8)13(17)18/h1-5,16H,6-7H2,(H,17,18). The van der Waals surface area contributed by atoms with Gasteiger partial charge in [-0.2, -0.15) is 0 Å². The molecule has 0 unspecified atom stereocenters. The molecular formula is C13H11F2NO2S. The molecule has 0 aliphatic heterocycles. The molecule has 0 spiro atoms. The molecule has 2 rings (SSSR count). The van der Waals surface area contributed by atoms with Crippen molar-refractivity contribution in [3.05, 3.63) is 57.3 Å². The van der Waals surface area contributed by atoms with Gasteiger partial charge in [0.1, 0.15) is 16.5 Å². The third-order valence-corrected chi connectivity index (χ3v) is 3.52. The molecule has 6 heteroatoms. The highest BCUT2D eigenvalue weighted by atomic mass is 32.1. The summed E-state index contributed by atoms with van der Waals surface area (Å²) in [6, 6.07) is 4.94. The molecule has 0 fully saturated rings. The summed E-state index contributed by atoms with van der Waals surface area (Å²) in [4.78, 5) is 11.1. The Labute approximate surface area is 112 Å². The average Bonchev–Trinajstić information content (AvgIpc) is 2.82. The normalized spacial score (nSPS) is 10.6. The number of aromatic carboxylic acids is 1. The second kappa shape index (κ2) is 5.90. The maximum Gasteiger partial charge on any atom is 0.346 e. The van der Waals surface area contributed by atoms with Crippen LogP contribution in [0.3, 0.4) is 0 Å². The SMILES string of the molecule is O=C(O)c1sccc1CNCc1cc(F)ccc1F. The van der Waals surface area contributed by atoms with E-state index in [2.05, 4.69) is 5.32 Å². The number of hydrogen-bond donors (Lipinski definition) is 2. The van der Waals surface area contributed by atoms with Crippen molar-refractivity contribution < 1.29 is 18.7 Å². The molecule has 1 heterocycles. The van der Waals surface area contributed by atoms with E-state index < -0.39 is 17.6 Å². The van der Waals surface area contributed by atoms with Crippen LogP contribution in [0.4, 0.5) is 8.78 Å². The van der Waals surface area contributed by atoms with Crippen LogP contribution >= 0.6 is 11.3 Å². The summed E-state index contributed by atoms with van der Waals surface area (Å²) in [5.74, 6) is -1.97. The van der Waals surface area contributed by atoms with Crippen LogP contribution in [0.15, 0.2) is 29.6 Å². The lowest BCUT2D eigenvalue weighted by molar-refractivity contribution is 0.0701. The Morgan fingerprint density at radius 2 is 1.95 bits per heavy atom. The van der Waals surface area contributed by atoms with Gasteiger partial charge in [0, 0.05) is 18.7 Å². The third kappa shape index (κ3) is 3.36. The van der Waals surface area contributed by atoms with Crippen LogP contribution in [-0.2, 0) is 13.1 Å². The van der Waals surface area contributed by atoms with Crippen molar-refractivity contribution in [2.45, 2.75) is 13.1 Å². The van der Waals surface area contributed by atoms with Crippen LogP contribution in [0.5, 0.6) is 0 Å². The van der Waals surface area contributed by atoms with Crippen molar-refractivity contribution in [1.29, 1.82) is 0 Å². The summed E-state index contributed by atoms with van der Waals surface area (Å²) in [5, 5.41) is 13.5. The van der Waals surface area contributed by atoms with E-state index in [0.717, 1.165) is 29.5 Å². The van der Waals surface area contributed by atoms with E-state index in [1.807, 2.05) is 0 Å². The Balaban J connectivity index is 1.98. The Morgan fingerprint density at radius 3 is 2.68 bits per heavy atom. The van der Waals surface area contributed by atoms with Gasteiger partial charge in [-0.25, -0.2) is 13.6 Å². The maximum atomic E-state index is 13.3. The van der Waals surface area contributed by atoms with E-state index >= 15 is 0 Å². The minimum Gasteiger partial charge on any atom is -0.477 e. The van der Waals surface area contributed by atoms with Gasteiger partial charge in [-0.3, -0.25) is 0 Å². The maximum absolute atomic E-state index is 13.3. The molecule has 1 aromatic heterocycles. The van der Waals surface area contributed by atoms with Crippen LogP contribution in [0.2, 0.25) is 0 Å². The zero-order chi connectivity index (χ0) is 13.8. The van der Waals surface area contributed by atoms with Crippen molar-refractivity contribution in [3.8, 4) is 0 Å². The molecule has 0 saturated carbocycles. The van der Waals surface area contributed by atoms with Gasteiger partial charge in [-0.05, 0) is 35.2 Å². The number of nitrogens with one attached hydrogen (secondary N) is 1. The molecule has 3 nitrogen and oxygen atoms in total. The van der Waals surface area contributed by atoms with Crippen LogP contribution in [0.25, 0.3) is 0 Å². The summed E-state index contributed by atoms with van der Waals surface area (Å²) in [6.07, 6.45) is 0. The second-order valence-corrected chi connectivity index (χ2v) is 4.84. The van der Waals surface area contributed by atoms with Crippen molar-refractivity contribution in [3.63, 3.8) is 0 Å². The highest BCUT2D eigenvalue weighted by Crippen LogP contribution is 2.17. The first-order valence-electron chi connectivity index (χ1n) is 5.52. The number of hydrogen-bond acceptors (Lipinski definition) is 3. The molecule has 0 radical (unpaired) electrons. The summed E-state index contributed by atoms with van der Waals surface area (Å²) >= 11 is 1.14. The fourth-order valence-electron chi connectivity index (χ4n) is 1.67. The largest absolute Gasteiger partial charge is 0.477 e. The fraction of sp³-hybridized carbons (Fsp3) is 0.154. The molecule has 100 valence electrons. The van der Waals surface area contributed by atoms with E-state index in [9.17, 15) is 13.6 Å². The predicted molar refractivity (Wildman–Crippen MR) is 68.2 cm³/mol. The number of carbonyl (C=O) groups is 1. The smallest absolute Gasteiger partial charge is 0.346 e. The van der Waals surface area contributed by atoms with Gasteiger partial charge >= 0.3 is 5.97 Å². The minimum absolute atomic E-state index is 0.137. The topological polar surface area (TPSA) is 49.3 Å². The van der Waals surface area contributed by atoms with E-state index in [4.69, 9.17) is 5.11 Å². The molecule has 19 heavy (non-hydrogen) atoms. The number of thiophene rings is 1.